The molecule has 1 saturated heterocycles. The molecule has 0 aliphatic carbocycles. The summed E-state index contributed by atoms with van der Waals surface area (Å²) >= 11 is 0. The summed E-state index contributed by atoms with van der Waals surface area (Å²) in [7, 11) is 0. The van der Waals surface area contributed by atoms with Crippen molar-refractivity contribution >= 4 is 41.6 Å². The highest BCUT2D eigenvalue weighted by molar-refractivity contribution is 5.92. The lowest BCUT2D eigenvalue weighted by molar-refractivity contribution is -0.141. The van der Waals surface area contributed by atoms with Gasteiger partial charge in [-0.15, -0.1) is 12.4 Å². The SMILES string of the molecule is CCCCCC(=O)NC(Cc1ccc(NC(=O)C2CCN(c3ccncc3)CC2)cc1)C(=O)O.Cl. The van der Waals surface area contributed by atoms with E-state index in [1.165, 1.54) is 0 Å². The van der Waals surface area contributed by atoms with E-state index in [9.17, 15) is 19.5 Å². The fourth-order valence-electron chi connectivity index (χ4n) is 4.16. The zero-order valence-electron chi connectivity index (χ0n) is 20.1. The van der Waals surface area contributed by atoms with Crippen LogP contribution in [0.2, 0.25) is 0 Å². The Kier molecular flexibility index (Phi) is 11.5. The van der Waals surface area contributed by atoms with Crippen LogP contribution in [0, 0.1) is 5.92 Å². The molecule has 3 N–H and O–H groups in total. The molecule has 2 amide bonds. The number of aliphatic carboxylic acids is 1. The number of halogens is 1. The quantitative estimate of drug-likeness (QED) is 0.400. The highest BCUT2D eigenvalue weighted by atomic mass is 35.5. The zero-order valence-corrected chi connectivity index (χ0v) is 20.9. The van der Waals surface area contributed by atoms with Crippen molar-refractivity contribution in [3.05, 3.63) is 54.4 Å². The summed E-state index contributed by atoms with van der Waals surface area (Å²) in [5, 5.41) is 15.1. The van der Waals surface area contributed by atoms with Gasteiger partial charge in [-0.25, -0.2) is 4.79 Å². The van der Waals surface area contributed by atoms with E-state index in [4.69, 9.17) is 0 Å². The number of carbonyl (C=O) groups is 3. The fourth-order valence-corrected chi connectivity index (χ4v) is 4.16. The molecule has 190 valence electrons. The Labute approximate surface area is 212 Å². The number of pyridine rings is 1. The summed E-state index contributed by atoms with van der Waals surface area (Å²) in [5.41, 5.74) is 2.59. The minimum Gasteiger partial charge on any atom is -0.480 e. The molecule has 0 bridgehead atoms. The first-order chi connectivity index (χ1) is 16.5. The lowest BCUT2D eigenvalue weighted by Crippen LogP contribution is -2.42. The third-order valence-corrected chi connectivity index (χ3v) is 6.20. The van der Waals surface area contributed by atoms with Crippen LogP contribution < -0.4 is 15.5 Å². The normalized spacial score (nSPS) is 14.5. The first-order valence-electron chi connectivity index (χ1n) is 12.0. The number of benzene rings is 1. The number of carbonyl (C=O) groups excluding carboxylic acids is 2. The molecule has 1 atom stereocenters. The zero-order chi connectivity index (χ0) is 24.3. The second-order valence-corrected chi connectivity index (χ2v) is 8.77. The van der Waals surface area contributed by atoms with E-state index in [0.29, 0.717) is 12.1 Å². The number of piperidine rings is 1. The second-order valence-electron chi connectivity index (χ2n) is 8.77. The molecule has 0 saturated carbocycles. The maximum atomic E-state index is 12.7. The Morgan fingerprint density at radius 1 is 1.06 bits per heavy atom. The lowest BCUT2D eigenvalue weighted by atomic mass is 9.95. The summed E-state index contributed by atoms with van der Waals surface area (Å²) in [6.07, 6.45) is 8.35. The summed E-state index contributed by atoms with van der Waals surface area (Å²) < 4.78 is 0. The first-order valence-corrected chi connectivity index (χ1v) is 12.0. The number of carboxylic acid groups (broad SMARTS) is 1. The molecule has 2 heterocycles. The maximum Gasteiger partial charge on any atom is 0.326 e. The molecule has 1 unspecified atom stereocenters. The first kappa shape index (κ1) is 28.1. The smallest absolute Gasteiger partial charge is 0.326 e. The summed E-state index contributed by atoms with van der Waals surface area (Å²) in [5.74, 6) is -1.33. The molecular formula is C26H35ClN4O4. The molecular weight excluding hydrogens is 468 g/mol. The van der Waals surface area contributed by atoms with Crippen molar-refractivity contribution in [1.29, 1.82) is 0 Å². The Morgan fingerprint density at radius 2 is 1.71 bits per heavy atom. The number of hydrogen-bond donors (Lipinski definition) is 3. The number of nitrogens with one attached hydrogen (secondary N) is 2. The van der Waals surface area contributed by atoms with E-state index in [1.807, 2.05) is 12.1 Å². The van der Waals surface area contributed by atoms with Crippen LogP contribution in [0.1, 0.15) is 51.0 Å². The van der Waals surface area contributed by atoms with Crippen molar-refractivity contribution in [2.45, 2.75) is 57.9 Å². The minimum atomic E-state index is -1.06. The van der Waals surface area contributed by atoms with Gasteiger partial charge in [0.25, 0.3) is 0 Å². The Bertz CT molecular complexity index is 948. The van der Waals surface area contributed by atoms with Crippen LogP contribution in [-0.4, -0.2) is 47.0 Å². The number of anilines is 2. The van der Waals surface area contributed by atoms with Crippen molar-refractivity contribution in [2.24, 2.45) is 5.92 Å². The van der Waals surface area contributed by atoms with Gasteiger partial charge in [-0.2, -0.15) is 0 Å². The van der Waals surface area contributed by atoms with Gasteiger partial charge in [-0.1, -0.05) is 31.9 Å². The van der Waals surface area contributed by atoms with Gasteiger partial charge in [0.1, 0.15) is 6.04 Å². The molecule has 35 heavy (non-hydrogen) atoms. The third-order valence-electron chi connectivity index (χ3n) is 6.20. The van der Waals surface area contributed by atoms with Gasteiger partial charge in [0.2, 0.25) is 11.8 Å². The van der Waals surface area contributed by atoms with Crippen LogP contribution in [0.5, 0.6) is 0 Å². The minimum absolute atomic E-state index is 0. The largest absolute Gasteiger partial charge is 0.480 e. The van der Waals surface area contributed by atoms with Gasteiger partial charge in [-0.3, -0.25) is 14.6 Å². The van der Waals surface area contributed by atoms with Crippen LogP contribution in [0.15, 0.2) is 48.8 Å². The van der Waals surface area contributed by atoms with E-state index in [-0.39, 0.29) is 36.6 Å². The molecule has 1 aliphatic rings. The highest BCUT2D eigenvalue weighted by Gasteiger charge is 2.25. The van der Waals surface area contributed by atoms with Crippen LogP contribution in [-0.2, 0) is 20.8 Å². The highest BCUT2D eigenvalue weighted by Crippen LogP contribution is 2.24. The van der Waals surface area contributed by atoms with Crippen molar-refractivity contribution in [1.82, 2.24) is 10.3 Å². The van der Waals surface area contributed by atoms with Gasteiger partial charge in [0.15, 0.2) is 0 Å². The van der Waals surface area contributed by atoms with E-state index in [0.717, 1.165) is 56.4 Å². The molecule has 1 aromatic heterocycles. The molecule has 3 rings (SSSR count). The number of hydrogen-bond acceptors (Lipinski definition) is 5. The number of amides is 2. The van der Waals surface area contributed by atoms with E-state index in [2.05, 4.69) is 27.4 Å². The fraction of sp³-hybridized carbons (Fsp3) is 0.462. The predicted octanol–water partition coefficient (Wildman–Crippen LogP) is 4.05. The molecule has 0 spiro atoms. The number of aromatic nitrogens is 1. The molecule has 1 aromatic carbocycles. The second kappa shape index (κ2) is 14.3. The molecule has 2 aromatic rings. The van der Waals surface area contributed by atoms with Crippen molar-refractivity contribution in [3.8, 4) is 0 Å². The number of carboxylic acids is 1. The number of rotatable bonds is 11. The Balaban J connectivity index is 0.00000432. The van der Waals surface area contributed by atoms with Crippen molar-refractivity contribution in [2.75, 3.05) is 23.3 Å². The van der Waals surface area contributed by atoms with Gasteiger partial charge < -0.3 is 20.6 Å². The monoisotopic (exact) mass is 502 g/mol. The molecule has 8 nitrogen and oxygen atoms in total. The van der Waals surface area contributed by atoms with E-state index < -0.39 is 12.0 Å². The van der Waals surface area contributed by atoms with Crippen molar-refractivity contribution < 1.29 is 19.5 Å². The standard InChI is InChI=1S/C26H34N4O4.ClH/c1-2-3-4-5-24(31)29-23(26(33)34)18-19-6-8-21(9-7-19)28-25(32)20-12-16-30(17-13-20)22-10-14-27-15-11-22;/h6-11,14-15,20,23H,2-5,12-13,16-18H2,1H3,(H,28,32)(H,29,31)(H,33,34);1H. The third kappa shape index (κ3) is 8.87. The molecule has 1 aliphatic heterocycles. The maximum absolute atomic E-state index is 12.7. The van der Waals surface area contributed by atoms with Crippen molar-refractivity contribution in [3.63, 3.8) is 0 Å². The summed E-state index contributed by atoms with van der Waals surface area (Å²) in [6, 6.07) is 10.1. The van der Waals surface area contributed by atoms with E-state index >= 15 is 0 Å². The van der Waals surface area contributed by atoms with Gasteiger partial charge >= 0.3 is 5.97 Å². The lowest BCUT2D eigenvalue weighted by Gasteiger charge is -2.32. The Morgan fingerprint density at radius 3 is 2.31 bits per heavy atom. The molecule has 9 heteroatoms. The van der Waals surface area contributed by atoms with Crippen LogP contribution in [0.3, 0.4) is 0 Å². The summed E-state index contributed by atoms with van der Waals surface area (Å²) in [4.78, 5) is 42.7. The van der Waals surface area contributed by atoms with Crippen LogP contribution >= 0.6 is 12.4 Å². The number of unbranched alkanes of at least 4 members (excludes halogenated alkanes) is 2. The Hall–Kier alpha value is -3.13. The topological polar surface area (TPSA) is 112 Å². The van der Waals surface area contributed by atoms with Crippen LogP contribution in [0.4, 0.5) is 11.4 Å². The average Bonchev–Trinajstić information content (AvgIpc) is 2.85. The van der Waals surface area contributed by atoms with Gasteiger partial charge in [0.05, 0.1) is 0 Å². The summed E-state index contributed by atoms with van der Waals surface area (Å²) in [6.45, 7) is 3.69. The van der Waals surface area contributed by atoms with E-state index in [1.54, 1.807) is 36.7 Å². The number of nitrogens with zero attached hydrogens (tertiary/aromatic N) is 2. The van der Waals surface area contributed by atoms with Gasteiger partial charge in [0, 0.05) is 55.6 Å². The molecule has 1 fully saturated rings. The molecule has 0 radical (unpaired) electrons. The average molecular weight is 503 g/mol. The van der Waals surface area contributed by atoms with Gasteiger partial charge in [-0.05, 0) is 49.1 Å². The van der Waals surface area contributed by atoms with Crippen LogP contribution in [0.25, 0.3) is 0 Å². The predicted molar refractivity (Wildman–Crippen MR) is 139 cm³/mol.